The summed E-state index contributed by atoms with van der Waals surface area (Å²) in [5, 5.41) is 3.64. The Hall–Kier alpha value is -2.66. The van der Waals surface area contributed by atoms with Gasteiger partial charge in [0.2, 0.25) is 5.91 Å². The summed E-state index contributed by atoms with van der Waals surface area (Å²) in [4.78, 5) is 34.3. The van der Waals surface area contributed by atoms with Gasteiger partial charge in [-0.3, -0.25) is 14.6 Å². The molecular formula is C34H48ClN3O2. The summed E-state index contributed by atoms with van der Waals surface area (Å²) in [6, 6.07) is 14.6. The first-order valence-corrected chi connectivity index (χ1v) is 15.9. The van der Waals surface area contributed by atoms with Gasteiger partial charge in [-0.1, -0.05) is 133 Å². The average Bonchev–Trinajstić information content (AvgIpc) is 3.10. The maximum Gasteiger partial charge on any atom is 0.257 e. The number of hydrogen-bond acceptors (Lipinski definition) is 3. The third-order valence-electron chi connectivity index (χ3n) is 7.72. The molecule has 1 heterocycles. The van der Waals surface area contributed by atoms with Crippen molar-refractivity contribution in [3.63, 3.8) is 0 Å². The maximum atomic E-state index is 14.0. The van der Waals surface area contributed by atoms with E-state index in [0.717, 1.165) is 49.8 Å². The van der Waals surface area contributed by atoms with Gasteiger partial charge in [0.1, 0.15) is 6.04 Å². The van der Waals surface area contributed by atoms with E-state index in [4.69, 9.17) is 16.6 Å². The normalized spacial score (nSPS) is 13.9. The van der Waals surface area contributed by atoms with Crippen LogP contribution in [0.15, 0.2) is 53.5 Å². The second kappa shape index (κ2) is 17.9. The van der Waals surface area contributed by atoms with Crippen molar-refractivity contribution in [3.05, 3.63) is 64.7 Å². The van der Waals surface area contributed by atoms with Gasteiger partial charge < -0.3 is 10.2 Å². The Bertz CT molecular complexity index is 1090. The van der Waals surface area contributed by atoms with Crippen molar-refractivity contribution in [2.75, 3.05) is 13.1 Å². The van der Waals surface area contributed by atoms with Crippen molar-refractivity contribution in [3.8, 4) is 0 Å². The molecule has 0 aliphatic carbocycles. The number of rotatable bonds is 18. The highest BCUT2D eigenvalue weighted by Crippen LogP contribution is 2.30. The van der Waals surface area contributed by atoms with E-state index in [-0.39, 0.29) is 18.4 Å². The highest BCUT2D eigenvalue weighted by Gasteiger charge is 2.34. The molecule has 1 unspecified atom stereocenters. The van der Waals surface area contributed by atoms with Gasteiger partial charge in [0, 0.05) is 11.6 Å². The number of fused-ring (bicyclic) bond motifs is 1. The van der Waals surface area contributed by atoms with Gasteiger partial charge in [-0.25, -0.2) is 0 Å². The number of unbranched alkanes of at least 4 members (excludes halogenated alkanes) is 11. The topological polar surface area (TPSA) is 61.8 Å². The lowest BCUT2D eigenvalue weighted by Gasteiger charge is -2.31. The number of halogens is 1. The van der Waals surface area contributed by atoms with Gasteiger partial charge in [0.05, 0.1) is 23.5 Å². The van der Waals surface area contributed by atoms with Gasteiger partial charge in [0.15, 0.2) is 0 Å². The van der Waals surface area contributed by atoms with E-state index in [9.17, 15) is 9.59 Å². The first kappa shape index (κ1) is 31.9. The monoisotopic (exact) mass is 565 g/mol. The third-order valence-corrected chi connectivity index (χ3v) is 7.96. The second-order valence-corrected chi connectivity index (χ2v) is 11.4. The summed E-state index contributed by atoms with van der Waals surface area (Å²) in [6.07, 6.45) is 15.9. The smallest absolute Gasteiger partial charge is 0.257 e. The Balaban J connectivity index is 1.77. The minimum atomic E-state index is -0.554. The Morgan fingerprint density at radius 1 is 0.875 bits per heavy atom. The first-order chi connectivity index (χ1) is 19.5. The lowest BCUT2D eigenvalue weighted by atomic mass is 10.0. The lowest BCUT2D eigenvalue weighted by molar-refractivity contribution is -0.125. The molecule has 0 radical (unpaired) electrons. The molecule has 0 bridgehead atoms. The van der Waals surface area contributed by atoms with E-state index >= 15 is 0 Å². The highest BCUT2D eigenvalue weighted by molar-refractivity contribution is 6.31. The second-order valence-electron chi connectivity index (χ2n) is 11.0. The van der Waals surface area contributed by atoms with Gasteiger partial charge in [-0.2, -0.15) is 0 Å². The Morgan fingerprint density at radius 3 is 2.17 bits per heavy atom. The molecular weight excluding hydrogens is 518 g/mol. The Kier molecular flexibility index (Phi) is 14.3. The van der Waals surface area contributed by atoms with Crippen LogP contribution in [0.4, 0.5) is 5.69 Å². The number of aliphatic imine (C=N–C) groups is 1. The molecule has 3 rings (SSSR count). The molecule has 40 heavy (non-hydrogen) atoms. The molecule has 2 amide bonds. The van der Waals surface area contributed by atoms with Crippen molar-refractivity contribution in [1.82, 2.24) is 10.2 Å². The van der Waals surface area contributed by atoms with Crippen molar-refractivity contribution in [2.24, 2.45) is 4.99 Å². The van der Waals surface area contributed by atoms with Crippen LogP contribution in [-0.2, 0) is 4.79 Å². The number of nitrogens with zero attached hydrogens (tertiary/aromatic N) is 2. The van der Waals surface area contributed by atoms with E-state index < -0.39 is 6.04 Å². The molecule has 1 aliphatic rings. The standard InChI is InChI=1S/C34H48ClN3O2/c1-3-5-7-9-10-11-12-13-17-21-32(33(39)36-24-18-8-6-4-2)38-26-31(27-19-15-14-16-20-27)37-30-23-22-28(35)25-29(30)34(38)40/h14-16,19-20,22-23,25,32H,3-13,17-18,21,24,26H2,1-2H3,(H,36,39). The predicted molar refractivity (Wildman–Crippen MR) is 168 cm³/mol. The molecule has 0 fully saturated rings. The molecule has 1 N–H and O–H groups in total. The number of carbonyl (C=O) groups is 2. The summed E-state index contributed by atoms with van der Waals surface area (Å²) in [6.45, 7) is 5.34. The maximum absolute atomic E-state index is 14.0. The Labute approximate surface area is 246 Å². The van der Waals surface area contributed by atoms with Crippen molar-refractivity contribution in [2.45, 2.75) is 110 Å². The zero-order chi connectivity index (χ0) is 28.6. The fraction of sp³-hybridized carbons (Fsp3) is 0.559. The molecule has 0 spiro atoms. The van der Waals surface area contributed by atoms with Crippen LogP contribution in [0.5, 0.6) is 0 Å². The van der Waals surface area contributed by atoms with Crippen molar-refractivity contribution < 1.29 is 9.59 Å². The molecule has 0 saturated heterocycles. The van der Waals surface area contributed by atoms with Crippen molar-refractivity contribution >= 4 is 34.8 Å². The SMILES string of the molecule is CCCCCCCCCCCC(C(=O)NCCCCCC)N1CC(c2ccccc2)=Nc2ccc(Cl)cc2C1=O. The van der Waals surface area contributed by atoms with Crippen LogP contribution in [0.3, 0.4) is 0 Å². The van der Waals surface area contributed by atoms with Crippen LogP contribution in [0.2, 0.25) is 5.02 Å². The van der Waals surface area contributed by atoms with Crippen LogP contribution in [-0.4, -0.2) is 41.6 Å². The molecule has 5 nitrogen and oxygen atoms in total. The fourth-order valence-electron chi connectivity index (χ4n) is 5.34. The van der Waals surface area contributed by atoms with Crippen LogP contribution >= 0.6 is 11.6 Å². The number of nitrogens with one attached hydrogen (secondary N) is 1. The quantitative estimate of drug-likeness (QED) is 0.183. The summed E-state index contributed by atoms with van der Waals surface area (Å²) in [5.74, 6) is -0.253. The fourth-order valence-corrected chi connectivity index (χ4v) is 5.51. The van der Waals surface area contributed by atoms with E-state index in [0.29, 0.717) is 29.2 Å². The molecule has 218 valence electrons. The summed E-state index contributed by atoms with van der Waals surface area (Å²) >= 11 is 6.32. The molecule has 6 heteroatoms. The lowest BCUT2D eigenvalue weighted by Crippen LogP contribution is -2.51. The minimum Gasteiger partial charge on any atom is -0.354 e. The largest absolute Gasteiger partial charge is 0.354 e. The molecule has 2 aromatic carbocycles. The van der Waals surface area contributed by atoms with Crippen LogP contribution in [0.1, 0.15) is 120 Å². The van der Waals surface area contributed by atoms with Gasteiger partial charge in [-0.15, -0.1) is 0 Å². The van der Waals surface area contributed by atoms with Crippen molar-refractivity contribution in [1.29, 1.82) is 0 Å². The zero-order valence-corrected chi connectivity index (χ0v) is 25.4. The van der Waals surface area contributed by atoms with E-state index in [1.165, 1.54) is 44.9 Å². The summed E-state index contributed by atoms with van der Waals surface area (Å²) < 4.78 is 0. The number of hydrogen-bond donors (Lipinski definition) is 1. The highest BCUT2D eigenvalue weighted by atomic mass is 35.5. The summed E-state index contributed by atoms with van der Waals surface area (Å²) in [7, 11) is 0. The Morgan fingerprint density at radius 2 is 1.50 bits per heavy atom. The van der Waals surface area contributed by atoms with E-state index in [1.54, 1.807) is 23.1 Å². The molecule has 1 atom stereocenters. The number of benzene rings is 2. The van der Waals surface area contributed by atoms with Crippen LogP contribution in [0, 0.1) is 0 Å². The van der Waals surface area contributed by atoms with Gasteiger partial charge >= 0.3 is 0 Å². The van der Waals surface area contributed by atoms with E-state index in [2.05, 4.69) is 19.2 Å². The predicted octanol–water partition coefficient (Wildman–Crippen LogP) is 8.90. The molecule has 0 saturated carbocycles. The van der Waals surface area contributed by atoms with Crippen LogP contribution < -0.4 is 5.32 Å². The molecule has 2 aromatic rings. The van der Waals surface area contributed by atoms with Gasteiger partial charge in [0.25, 0.3) is 5.91 Å². The number of amides is 2. The summed E-state index contributed by atoms with van der Waals surface area (Å²) in [5.41, 5.74) is 2.77. The average molecular weight is 566 g/mol. The first-order valence-electron chi connectivity index (χ1n) is 15.6. The molecule has 0 aromatic heterocycles. The zero-order valence-electron chi connectivity index (χ0n) is 24.6. The minimum absolute atomic E-state index is 0.0673. The van der Waals surface area contributed by atoms with Crippen LogP contribution in [0.25, 0.3) is 0 Å². The van der Waals surface area contributed by atoms with E-state index in [1.807, 2.05) is 30.3 Å². The molecule has 1 aliphatic heterocycles. The number of carbonyl (C=O) groups excluding carboxylic acids is 2. The third kappa shape index (κ3) is 10.1. The van der Waals surface area contributed by atoms with Gasteiger partial charge in [-0.05, 0) is 36.6 Å².